The van der Waals surface area contributed by atoms with Crippen molar-refractivity contribution in [3.05, 3.63) is 11.6 Å². The average molecular weight is 438 g/mol. The number of ether oxygens (including phenoxy) is 4. The van der Waals surface area contributed by atoms with Crippen LogP contribution in [0, 0.1) is 11.8 Å². The number of nitrogens with zero attached hydrogens (tertiary/aromatic N) is 1. The first-order valence-corrected chi connectivity index (χ1v) is 11.4. The molecule has 174 valence electrons. The van der Waals surface area contributed by atoms with E-state index in [-0.39, 0.29) is 47.4 Å². The second kappa shape index (κ2) is 8.37. The summed E-state index contributed by atoms with van der Waals surface area (Å²) < 4.78 is 24.0. The molecule has 0 aromatic heterocycles. The van der Waals surface area contributed by atoms with E-state index in [1.165, 1.54) is 5.57 Å². The minimum absolute atomic E-state index is 0.00939. The number of allylic oxidation sites excluding steroid dienone is 1. The highest BCUT2D eigenvalue weighted by Crippen LogP contribution is 2.59. The van der Waals surface area contributed by atoms with E-state index < -0.39 is 5.97 Å². The van der Waals surface area contributed by atoms with Crippen molar-refractivity contribution in [1.82, 2.24) is 4.90 Å². The van der Waals surface area contributed by atoms with Gasteiger partial charge in [-0.25, -0.2) is 4.79 Å². The van der Waals surface area contributed by atoms with Gasteiger partial charge in [-0.05, 0) is 52.9 Å². The molecule has 0 bridgehead atoms. The Morgan fingerprint density at radius 2 is 1.90 bits per heavy atom. The van der Waals surface area contributed by atoms with Gasteiger partial charge in [0.1, 0.15) is 23.4 Å². The summed E-state index contributed by atoms with van der Waals surface area (Å²) in [7, 11) is 1.66. The highest BCUT2D eigenvalue weighted by Gasteiger charge is 2.72. The zero-order valence-electron chi connectivity index (χ0n) is 19.0. The van der Waals surface area contributed by atoms with Crippen LogP contribution in [-0.4, -0.2) is 78.4 Å². The Kier molecular flexibility index (Phi) is 6.09. The number of carbonyl (C=O) groups excluding carboxylic acids is 1. The number of amides is 1. The zero-order valence-corrected chi connectivity index (χ0v) is 19.0. The van der Waals surface area contributed by atoms with E-state index in [1.807, 2.05) is 0 Å². The summed E-state index contributed by atoms with van der Waals surface area (Å²) in [5.41, 5.74) is 0.645. The van der Waals surface area contributed by atoms with Crippen LogP contribution in [0.25, 0.3) is 0 Å². The van der Waals surface area contributed by atoms with Gasteiger partial charge in [0.15, 0.2) is 0 Å². The van der Waals surface area contributed by atoms with Gasteiger partial charge in [0.05, 0.1) is 24.5 Å². The molecular formula is C23H35NO7. The van der Waals surface area contributed by atoms with Crippen molar-refractivity contribution in [2.75, 3.05) is 26.8 Å². The van der Waals surface area contributed by atoms with Crippen molar-refractivity contribution in [3.8, 4) is 0 Å². The van der Waals surface area contributed by atoms with Gasteiger partial charge < -0.3 is 29.0 Å². The number of hydrogen-bond donors (Lipinski definition) is 1. The number of epoxide rings is 2. The van der Waals surface area contributed by atoms with Crippen molar-refractivity contribution in [2.24, 2.45) is 11.8 Å². The summed E-state index contributed by atoms with van der Waals surface area (Å²) in [6.07, 6.45) is 4.50. The first-order chi connectivity index (χ1) is 14.7. The summed E-state index contributed by atoms with van der Waals surface area (Å²) in [5.74, 6) is -1.19. The van der Waals surface area contributed by atoms with Crippen LogP contribution in [0.4, 0.5) is 4.79 Å². The molecule has 4 aliphatic rings. The third kappa shape index (κ3) is 4.34. The number of hydrogen-bond acceptors (Lipinski definition) is 6. The van der Waals surface area contributed by atoms with Crippen LogP contribution in [0.15, 0.2) is 11.6 Å². The molecule has 1 unspecified atom stereocenters. The largest absolute Gasteiger partial charge is 0.481 e. The summed E-state index contributed by atoms with van der Waals surface area (Å²) in [5, 5.41) is 9.17. The van der Waals surface area contributed by atoms with Crippen LogP contribution in [0.3, 0.4) is 0 Å². The Morgan fingerprint density at radius 1 is 1.23 bits per heavy atom. The summed E-state index contributed by atoms with van der Waals surface area (Å²) in [6, 6.07) is 0. The lowest BCUT2D eigenvalue weighted by Crippen LogP contribution is -2.56. The molecule has 31 heavy (non-hydrogen) atoms. The van der Waals surface area contributed by atoms with Gasteiger partial charge in [-0.3, -0.25) is 4.79 Å². The molecular weight excluding hydrogens is 402 g/mol. The van der Waals surface area contributed by atoms with Gasteiger partial charge in [0.2, 0.25) is 0 Å². The van der Waals surface area contributed by atoms with Crippen molar-refractivity contribution in [3.63, 3.8) is 0 Å². The molecule has 4 rings (SSSR count). The molecule has 1 saturated carbocycles. The maximum atomic E-state index is 12.8. The molecule has 6 atom stereocenters. The van der Waals surface area contributed by atoms with Crippen LogP contribution >= 0.6 is 0 Å². The van der Waals surface area contributed by atoms with E-state index in [9.17, 15) is 9.59 Å². The lowest BCUT2D eigenvalue weighted by atomic mass is 9.68. The van der Waals surface area contributed by atoms with Crippen LogP contribution in [-0.2, 0) is 23.7 Å². The number of carboxylic acid groups (broad SMARTS) is 1. The molecule has 3 saturated heterocycles. The van der Waals surface area contributed by atoms with Crippen molar-refractivity contribution in [1.29, 1.82) is 0 Å². The number of aliphatic carboxylic acids is 1. The van der Waals surface area contributed by atoms with E-state index in [0.29, 0.717) is 39.0 Å². The monoisotopic (exact) mass is 437 g/mol. The molecule has 1 N–H and O–H groups in total. The van der Waals surface area contributed by atoms with E-state index in [0.717, 1.165) is 12.8 Å². The Balaban J connectivity index is 1.42. The number of carbonyl (C=O) groups is 2. The van der Waals surface area contributed by atoms with E-state index >= 15 is 0 Å². The maximum Gasteiger partial charge on any atom is 0.410 e. The van der Waals surface area contributed by atoms with Crippen LogP contribution in [0.1, 0.15) is 52.9 Å². The number of carboxylic acids is 1. The fourth-order valence-corrected chi connectivity index (χ4v) is 5.58. The first-order valence-electron chi connectivity index (χ1n) is 11.4. The Bertz CT molecular complexity index is 736. The predicted molar refractivity (Wildman–Crippen MR) is 112 cm³/mol. The topological polar surface area (TPSA) is 101 Å². The Morgan fingerprint density at radius 3 is 2.45 bits per heavy atom. The highest BCUT2D eigenvalue weighted by atomic mass is 16.6. The summed E-state index contributed by atoms with van der Waals surface area (Å²) in [4.78, 5) is 25.6. The fraction of sp³-hybridized carbons (Fsp3) is 0.826. The Labute approximate surface area is 183 Å². The SMILES string of the molecule is CO[C@@H]1[C@H](OC(=O)N2CCC(C(=O)O)CC2)CC[C@]2(CO2)[C@H]1[C@@]1(C)OC1CC=C(C)C. The van der Waals surface area contributed by atoms with Crippen molar-refractivity contribution >= 4 is 12.1 Å². The van der Waals surface area contributed by atoms with Gasteiger partial charge in [0.25, 0.3) is 0 Å². The molecule has 0 aromatic rings. The molecule has 8 nitrogen and oxygen atoms in total. The van der Waals surface area contributed by atoms with Crippen LogP contribution < -0.4 is 0 Å². The molecule has 0 aromatic carbocycles. The third-order valence-corrected chi connectivity index (χ3v) is 7.59. The standard InChI is InChI=1S/C23H35NO7/c1-14(2)5-6-17-22(3,31-17)19-18(28-4)16(7-10-23(19)13-29-23)30-21(27)24-11-8-15(9-12-24)20(25)26/h5,15-19H,6-13H2,1-4H3,(H,25,26)/t16-,17?,18-,19-,22+,23+/m1/s1. The van der Waals surface area contributed by atoms with E-state index in [1.54, 1.807) is 12.0 Å². The van der Waals surface area contributed by atoms with E-state index in [2.05, 4.69) is 26.8 Å². The number of likely N-dealkylation sites (tertiary alicyclic amines) is 1. The van der Waals surface area contributed by atoms with E-state index in [4.69, 9.17) is 24.1 Å². The third-order valence-electron chi connectivity index (χ3n) is 7.59. The quantitative estimate of drug-likeness (QED) is 0.503. The normalized spacial score (nSPS) is 39.8. The fourth-order valence-electron chi connectivity index (χ4n) is 5.58. The van der Waals surface area contributed by atoms with Gasteiger partial charge in [-0.2, -0.15) is 0 Å². The Hall–Kier alpha value is -1.64. The number of rotatable bonds is 6. The van der Waals surface area contributed by atoms with Crippen molar-refractivity contribution in [2.45, 2.75) is 82.4 Å². The number of methoxy groups -OCH3 is 1. The van der Waals surface area contributed by atoms with Gasteiger partial charge in [0, 0.05) is 20.2 Å². The maximum absolute atomic E-state index is 12.8. The highest BCUT2D eigenvalue weighted by molar-refractivity contribution is 5.71. The van der Waals surface area contributed by atoms with Gasteiger partial charge in [-0.15, -0.1) is 0 Å². The predicted octanol–water partition coefficient (Wildman–Crippen LogP) is 3.00. The lowest BCUT2D eigenvalue weighted by molar-refractivity contribution is -0.143. The van der Waals surface area contributed by atoms with Crippen LogP contribution in [0.5, 0.6) is 0 Å². The molecule has 1 spiro atoms. The second-order valence-corrected chi connectivity index (χ2v) is 9.90. The van der Waals surface area contributed by atoms with Gasteiger partial charge >= 0.3 is 12.1 Å². The molecule has 8 heteroatoms. The lowest BCUT2D eigenvalue weighted by Gasteiger charge is -2.43. The minimum atomic E-state index is -0.794. The summed E-state index contributed by atoms with van der Waals surface area (Å²) in [6.45, 7) is 7.79. The second-order valence-electron chi connectivity index (χ2n) is 9.90. The van der Waals surface area contributed by atoms with Crippen LogP contribution in [0.2, 0.25) is 0 Å². The minimum Gasteiger partial charge on any atom is -0.481 e. The molecule has 0 radical (unpaired) electrons. The first kappa shape index (κ1) is 22.6. The molecule has 4 fully saturated rings. The molecule has 3 aliphatic heterocycles. The molecule has 3 heterocycles. The number of piperidine rings is 1. The smallest absolute Gasteiger partial charge is 0.410 e. The molecule has 1 aliphatic carbocycles. The molecule has 1 amide bonds. The summed E-state index contributed by atoms with van der Waals surface area (Å²) >= 11 is 0. The van der Waals surface area contributed by atoms with Gasteiger partial charge in [-0.1, -0.05) is 11.6 Å². The van der Waals surface area contributed by atoms with Crippen molar-refractivity contribution < 1.29 is 33.6 Å². The average Bonchev–Trinajstić information content (AvgIpc) is 3.65. The zero-order chi connectivity index (χ0) is 22.4.